The molecule has 0 unspecified atom stereocenters. The highest BCUT2D eigenvalue weighted by molar-refractivity contribution is 6.02. The molecule has 2 aromatic carbocycles. The Morgan fingerprint density at radius 3 is 2.72 bits per heavy atom. The van der Waals surface area contributed by atoms with Crippen LogP contribution in [0.15, 0.2) is 62.7 Å². The lowest BCUT2D eigenvalue weighted by atomic mass is 9.90. The molecule has 9 heteroatoms. The fourth-order valence-electron chi connectivity index (χ4n) is 5.36. The number of H-pyrrole nitrogens is 1. The summed E-state index contributed by atoms with van der Waals surface area (Å²) in [5.41, 5.74) is 3.41. The van der Waals surface area contributed by atoms with Crippen LogP contribution in [0.25, 0.3) is 32.9 Å². The molecular formula is C27H25FN4O4. The van der Waals surface area contributed by atoms with Crippen LogP contribution >= 0.6 is 0 Å². The topological polar surface area (TPSA) is 113 Å². The van der Waals surface area contributed by atoms with Gasteiger partial charge in [-0.05, 0) is 67.6 Å². The number of aliphatic hydroxyl groups excluding tert-OH is 1. The van der Waals surface area contributed by atoms with Crippen molar-refractivity contribution >= 4 is 32.9 Å². The van der Waals surface area contributed by atoms with Gasteiger partial charge in [0.15, 0.2) is 0 Å². The molecule has 8 nitrogen and oxygen atoms in total. The summed E-state index contributed by atoms with van der Waals surface area (Å²) in [5, 5.41) is 14.0. The Morgan fingerprint density at radius 1 is 1.08 bits per heavy atom. The van der Waals surface area contributed by atoms with Gasteiger partial charge >= 0.3 is 5.63 Å². The summed E-state index contributed by atoms with van der Waals surface area (Å²) in [5.74, 6) is -0.391. The summed E-state index contributed by atoms with van der Waals surface area (Å²) in [6.45, 7) is 0.439. The number of aromatic amines is 1. The van der Waals surface area contributed by atoms with Gasteiger partial charge in [-0.3, -0.25) is 4.79 Å². The van der Waals surface area contributed by atoms with Crippen LogP contribution in [0.4, 0.5) is 4.39 Å². The number of halogens is 1. The van der Waals surface area contributed by atoms with Gasteiger partial charge in [0.2, 0.25) is 0 Å². The van der Waals surface area contributed by atoms with Gasteiger partial charge in [0, 0.05) is 29.7 Å². The Balaban J connectivity index is 1.18. The second-order valence-electron chi connectivity index (χ2n) is 9.45. The molecule has 1 fully saturated rings. The van der Waals surface area contributed by atoms with E-state index in [9.17, 15) is 19.1 Å². The summed E-state index contributed by atoms with van der Waals surface area (Å²) in [7, 11) is 0. The molecule has 3 aromatic heterocycles. The smallest absolute Gasteiger partial charge is 0.345 e. The third-order valence-corrected chi connectivity index (χ3v) is 7.18. The minimum absolute atomic E-state index is 0.0639. The molecule has 1 aliphatic rings. The van der Waals surface area contributed by atoms with E-state index < -0.39 is 11.4 Å². The highest BCUT2D eigenvalue weighted by Gasteiger charge is 2.24. The van der Waals surface area contributed by atoms with Crippen LogP contribution in [0.2, 0.25) is 0 Å². The fraction of sp³-hybridized carbons (Fsp3) is 0.296. The van der Waals surface area contributed by atoms with Crippen molar-refractivity contribution in [2.75, 3.05) is 0 Å². The van der Waals surface area contributed by atoms with E-state index in [1.807, 2.05) is 22.8 Å². The van der Waals surface area contributed by atoms with E-state index in [0.29, 0.717) is 28.4 Å². The maximum atomic E-state index is 13.8. The molecule has 0 bridgehead atoms. The molecule has 0 aliphatic heterocycles. The monoisotopic (exact) mass is 488 g/mol. The zero-order chi connectivity index (χ0) is 24.8. The van der Waals surface area contributed by atoms with Gasteiger partial charge in [0.05, 0.1) is 34.7 Å². The zero-order valence-corrected chi connectivity index (χ0v) is 19.5. The number of hydrogen-bond acceptors (Lipinski definition) is 6. The van der Waals surface area contributed by atoms with E-state index in [2.05, 4.69) is 15.3 Å². The van der Waals surface area contributed by atoms with Crippen LogP contribution in [0.5, 0.6) is 0 Å². The summed E-state index contributed by atoms with van der Waals surface area (Å²) in [6.07, 6.45) is 4.81. The van der Waals surface area contributed by atoms with Crippen molar-refractivity contribution in [2.45, 2.75) is 50.9 Å². The number of aliphatic hydroxyl groups is 1. The molecule has 1 aliphatic carbocycles. The summed E-state index contributed by atoms with van der Waals surface area (Å²) >= 11 is 0. The number of benzene rings is 2. The zero-order valence-electron chi connectivity index (χ0n) is 19.5. The number of aromatic nitrogens is 3. The normalized spacial score (nSPS) is 18.4. The molecule has 0 spiro atoms. The van der Waals surface area contributed by atoms with Crippen molar-refractivity contribution in [2.24, 2.45) is 0 Å². The summed E-state index contributed by atoms with van der Waals surface area (Å²) < 4.78 is 20.9. The molecule has 36 heavy (non-hydrogen) atoms. The predicted octanol–water partition coefficient (Wildman–Crippen LogP) is 3.89. The van der Waals surface area contributed by atoms with E-state index in [0.717, 1.165) is 48.0 Å². The van der Waals surface area contributed by atoms with E-state index in [4.69, 9.17) is 4.42 Å². The van der Waals surface area contributed by atoms with Crippen LogP contribution in [-0.4, -0.2) is 25.7 Å². The fourth-order valence-corrected chi connectivity index (χ4v) is 5.36. The van der Waals surface area contributed by atoms with Crippen molar-refractivity contribution in [3.63, 3.8) is 0 Å². The predicted molar refractivity (Wildman–Crippen MR) is 134 cm³/mol. The molecule has 3 heterocycles. The Kier molecular flexibility index (Phi) is 5.66. The van der Waals surface area contributed by atoms with Gasteiger partial charge in [-0.25, -0.2) is 14.2 Å². The maximum Gasteiger partial charge on any atom is 0.345 e. The Labute approximate surface area is 204 Å². The standard InChI is InChI=1S/C27H25FN4O4/c28-16-2-8-24-20(10-16)26-21(27(35)36-24)11-18(31-26)12-29-17-3-5-19(6-4-17)32-23-9-15(14-33)1-7-22(23)30-13-25(32)34/h1-2,7-11,13,17,19,29,31,33H,3-6,12,14H2. The number of rotatable bonds is 5. The van der Waals surface area contributed by atoms with Crippen LogP contribution in [-0.2, 0) is 13.2 Å². The van der Waals surface area contributed by atoms with Crippen molar-refractivity contribution in [1.82, 2.24) is 19.9 Å². The van der Waals surface area contributed by atoms with Gasteiger partial charge in [-0.2, -0.15) is 0 Å². The third-order valence-electron chi connectivity index (χ3n) is 7.18. The van der Waals surface area contributed by atoms with Crippen molar-refractivity contribution in [1.29, 1.82) is 0 Å². The lowest BCUT2D eigenvalue weighted by Crippen LogP contribution is -2.35. The van der Waals surface area contributed by atoms with Crippen LogP contribution < -0.4 is 16.5 Å². The average molecular weight is 489 g/mol. The number of nitrogens with zero attached hydrogens (tertiary/aromatic N) is 2. The van der Waals surface area contributed by atoms with Gasteiger partial charge in [-0.15, -0.1) is 0 Å². The minimum Gasteiger partial charge on any atom is -0.422 e. The number of nitrogens with one attached hydrogen (secondary N) is 2. The molecule has 3 N–H and O–H groups in total. The summed E-state index contributed by atoms with van der Waals surface area (Å²) in [6, 6.07) is 11.7. The molecule has 6 rings (SSSR count). The quantitative estimate of drug-likeness (QED) is 0.324. The average Bonchev–Trinajstić information content (AvgIpc) is 3.33. The van der Waals surface area contributed by atoms with E-state index in [1.54, 1.807) is 6.07 Å². The Bertz CT molecular complexity index is 1710. The minimum atomic E-state index is -0.452. The molecule has 0 saturated heterocycles. The van der Waals surface area contributed by atoms with Gasteiger partial charge in [-0.1, -0.05) is 6.07 Å². The highest BCUT2D eigenvalue weighted by atomic mass is 19.1. The van der Waals surface area contributed by atoms with Crippen molar-refractivity contribution in [3.8, 4) is 0 Å². The molecular weight excluding hydrogens is 463 g/mol. The van der Waals surface area contributed by atoms with Gasteiger partial charge < -0.3 is 24.4 Å². The Morgan fingerprint density at radius 2 is 1.92 bits per heavy atom. The third kappa shape index (κ3) is 4.00. The number of hydrogen-bond donors (Lipinski definition) is 3. The maximum absolute atomic E-state index is 13.8. The van der Waals surface area contributed by atoms with E-state index in [1.165, 1.54) is 24.4 Å². The first-order chi connectivity index (χ1) is 17.5. The van der Waals surface area contributed by atoms with Crippen LogP contribution in [0, 0.1) is 5.82 Å². The van der Waals surface area contributed by atoms with Crippen molar-refractivity contribution < 1.29 is 13.9 Å². The molecule has 5 aromatic rings. The Hall–Kier alpha value is -3.82. The largest absolute Gasteiger partial charge is 0.422 e. The first kappa shape index (κ1) is 22.6. The second-order valence-corrected chi connectivity index (χ2v) is 9.45. The molecule has 0 atom stereocenters. The molecule has 184 valence electrons. The molecule has 1 saturated carbocycles. The SMILES string of the molecule is O=c1oc2ccc(F)cc2c2[nH]c(CNC3CCC(n4c(=O)cnc5ccc(CO)cc54)CC3)cc12. The molecule has 0 amide bonds. The number of fused-ring (bicyclic) bond motifs is 4. The lowest BCUT2D eigenvalue weighted by molar-refractivity contribution is 0.281. The summed E-state index contributed by atoms with van der Waals surface area (Å²) in [4.78, 5) is 32.6. The lowest BCUT2D eigenvalue weighted by Gasteiger charge is -2.31. The first-order valence-corrected chi connectivity index (χ1v) is 12.1. The first-order valence-electron chi connectivity index (χ1n) is 12.1. The van der Waals surface area contributed by atoms with Gasteiger partial charge in [0.25, 0.3) is 5.56 Å². The van der Waals surface area contributed by atoms with Crippen LogP contribution in [0.1, 0.15) is 43.0 Å². The highest BCUT2D eigenvalue weighted by Crippen LogP contribution is 2.30. The van der Waals surface area contributed by atoms with E-state index in [-0.39, 0.29) is 24.2 Å². The molecule has 0 radical (unpaired) electrons. The van der Waals surface area contributed by atoms with Gasteiger partial charge in [0.1, 0.15) is 11.4 Å². The van der Waals surface area contributed by atoms with Crippen LogP contribution in [0.3, 0.4) is 0 Å². The van der Waals surface area contributed by atoms with Crippen molar-refractivity contribution in [3.05, 3.63) is 86.5 Å². The van der Waals surface area contributed by atoms with E-state index >= 15 is 0 Å². The second kappa shape index (κ2) is 9.00.